The molecule has 5 rings (SSSR count). The van der Waals surface area contributed by atoms with E-state index in [1.165, 1.54) is 6.20 Å². The summed E-state index contributed by atoms with van der Waals surface area (Å²) in [7, 11) is 0. The fourth-order valence-corrected chi connectivity index (χ4v) is 5.67. The standard InChI is InChI=1S/C27H28ClF3N4O/c28-21-11-5-4-10-19(21)23(34-14-6-7-15-34)12-13-24(36)20-17-32-35-25(27(29,30)31)16-22(33-26(20)35)18-8-2-1-3-9-18/h1-5,8-11,17,22-23,25,33H,6-7,12-16H2/t22-,23?,25+/m1/s1. The van der Waals surface area contributed by atoms with E-state index in [9.17, 15) is 18.0 Å². The molecule has 2 aromatic carbocycles. The van der Waals surface area contributed by atoms with Gasteiger partial charge in [0.25, 0.3) is 0 Å². The molecular formula is C27H28ClF3N4O. The number of aromatic nitrogens is 2. The molecule has 3 aromatic rings. The molecule has 0 saturated carbocycles. The zero-order chi connectivity index (χ0) is 25.3. The van der Waals surface area contributed by atoms with Crippen molar-refractivity contribution in [3.05, 3.63) is 82.5 Å². The van der Waals surface area contributed by atoms with Gasteiger partial charge in [0.2, 0.25) is 0 Å². The third-order valence-corrected chi connectivity index (χ3v) is 7.58. The van der Waals surface area contributed by atoms with Crippen LogP contribution in [0.1, 0.15) is 71.7 Å². The van der Waals surface area contributed by atoms with E-state index in [4.69, 9.17) is 11.6 Å². The van der Waals surface area contributed by atoms with Crippen LogP contribution in [0.4, 0.5) is 19.0 Å². The monoisotopic (exact) mass is 516 g/mol. The highest BCUT2D eigenvalue weighted by molar-refractivity contribution is 6.31. The van der Waals surface area contributed by atoms with Crippen LogP contribution < -0.4 is 5.32 Å². The van der Waals surface area contributed by atoms with Crippen LogP contribution in [-0.4, -0.2) is 39.7 Å². The molecule has 1 saturated heterocycles. The van der Waals surface area contributed by atoms with Gasteiger partial charge in [-0.2, -0.15) is 18.3 Å². The van der Waals surface area contributed by atoms with Crippen molar-refractivity contribution in [2.24, 2.45) is 0 Å². The lowest BCUT2D eigenvalue weighted by Gasteiger charge is -2.34. The van der Waals surface area contributed by atoms with Gasteiger partial charge in [-0.25, -0.2) is 4.68 Å². The fraction of sp³-hybridized carbons (Fsp3) is 0.407. The number of likely N-dealkylation sites (tertiary alicyclic amines) is 1. The van der Waals surface area contributed by atoms with Gasteiger partial charge >= 0.3 is 6.18 Å². The summed E-state index contributed by atoms with van der Waals surface area (Å²) in [4.78, 5) is 15.7. The molecule has 9 heteroatoms. The SMILES string of the molecule is O=C(CCC(c1ccccc1Cl)N1CCCC1)c1cnn2c1N[C@@H](c1ccccc1)C[C@H]2C(F)(F)F. The molecule has 0 amide bonds. The van der Waals surface area contributed by atoms with Gasteiger partial charge in [0.1, 0.15) is 5.82 Å². The first-order valence-corrected chi connectivity index (χ1v) is 12.7. The van der Waals surface area contributed by atoms with Crippen molar-refractivity contribution in [2.75, 3.05) is 18.4 Å². The number of Topliss-reactive ketones (excluding diaryl/α,β-unsaturated/α-hetero) is 1. The molecule has 0 aliphatic carbocycles. The normalized spacial score (nSPS) is 21.1. The third kappa shape index (κ3) is 5.02. The Morgan fingerprint density at radius 1 is 1.08 bits per heavy atom. The lowest BCUT2D eigenvalue weighted by molar-refractivity contribution is -0.173. The van der Waals surface area contributed by atoms with E-state index in [2.05, 4.69) is 15.3 Å². The van der Waals surface area contributed by atoms with Crippen LogP contribution in [-0.2, 0) is 0 Å². The number of nitrogens with one attached hydrogen (secondary N) is 1. The van der Waals surface area contributed by atoms with Crippen LogP contribution in [0.25, 0.3) is 0 Å². The fourth-order valence-electron chi connectivity index (χ4n) is 5.41. The maximum absolute atomic E-state index is 14.0. The Hall–Kier alpha value is -2.84. The zero-order valence-electron chi connectivity index (χ0n) is 19.7. The molecule has 2 aliphatic heterocycles. The number of ketones is 1. The average Bonchev–Trinajstić information content (AvgIpc) is 3.55. The molecule has 3 atom stereocenters. The van der Waals surface area contributed by atoms with Crippen LogP contribution in [0, 0.1) is 0 Å². The highest BCUT2D eigenvalue weighted by Crippen LogP contribution is 2.44. The molecule has 1 unspecified atom stereocenters. The minimum atomic E-state index is -4.48. The maximum Gasteiger partial charge on any atom is 0.410 e. The average molecular weight is 517 g/mol. The van der Waals surface area contributed by atoms with Gasteiger partial charge in [0.15, 0.2) is 11.8 Å². The molecule has 0 spiro atoms. The van der Waals surface area contributed by atoms with Crippen molar-refractivity contribution in [2.45, 2.75) is 56.4 Å². The first kappa shape index (κ1) is 24.8. The van der Waals surface area contributed by atoms with E-state index in [1.807, 2.05) is 30.3 Å². The van der Waals surface area contributed by atoms with Crippen molar-refractivity contribution in [1.82, 2.24) is 14.7 Å². The Morgan fingerprint density at radius 2 is 1.78 bits per heavy atom. The van der Waals surface area contributed by atoms with Gasteiger partial charge in [-0.05, 0) is 49.5 Å². The third-order valence-electron chi connectivity index (χ3n) is 7.23. The van der Waals surface area contributed by atoms with Crippen molar-refractivity contribution in [1.29, 1.82) is 0 Å². The Morgan fingerprint density at radius 3 is 2.47 bits per heavy atom. The molecule has 3 heterocycles. The van der Waals surface area contributed by atoms with Gasteiger partial charge in [-0.3, -0.25) is 9.69 Å². The number of carbonyl (C=O) groups excluding carboxylic acids is 1. The summed E-state index contributed by atoms with van der Waals surface area (Å²) in [6.45, 7) is 1.86. The number of benzene rings is 2. The number of alkyl halides is 3. The predicted octanol–water partition coefficient (Wildman–Crippen LogP) is 7.00. The number of hydrogen-bond donors (Lipinski definition) is 1. The summed E-state index contributed by atoms with van der Waals surface area (Å²) < 4.78 is 42.9. The summed E-state index contributed by atoms with van der Waals surface area (Å²) in [5.41, 5.74) is 1.92. The van der Waals surface area contributed by atoms with E-state index in [0.29, 0.717) is 11.4 Å². The number of anilines is 1. The van der Waals surface area contributed by atoms with Crippen LogP contribution in [0.2, 0.25) is 5.02 Å². The Kier molecular flexibility index (Phi) is 7.08. The molecule has 36 heavy (non-hydrogen) atoms. The smallest absolute Gasteiger partial charge is 0.363 e. The van der Waals surface area contributed by atoms with Gasteiger partial charge in [0, 0.05) is 23.9 Å². The topological polar surface area (TPSA) is 50.2 Å². The highest BCUT2D eigenvalue weighted by Gasteiger charge is 2.47. The summed E-state index contributed by atoms with van der Waals surface area (Å²) in [5, 5.41) is 7.85. The lowest BCUT2D eigenvalue weighted by atomic mass is 9.95. The Labute approximate surface area is 213 Å². The summed E-state index contributed by atoms with van der Waals surface area (Å²) >= 11 is 6.50. The minimum Gasteiger partial charge on any atom is -0.363 e. The van der Waals surface area contributed by atoms with Crippen molar-refractivity contribution >= 4 is 23.2 Å². The van der Waals surface area contributed by atoms with Crippen molar-refractivity contribution in [3.8, 4) is 0 Å². The van der Waals surface area contributed by atoms with E-state index >= 15 is 0 Å². The number of halogens is 4. The van der Waals surface area contributed by atoms with Crippen LogP contribution in [0.5, 0.6) is 0 Å². The largest absolute Gasteiger partial charge is 0.410 e. The second-order valence-corrected chi connectivity index (χ2v) is 9.90. The molecule has 2 aliphatic rings. The van der Waals surface area contributed by atoms with Gasteiger partial charge in [-0.15, -0.1) is 0 Å². The molecule has 190 valence electrons. The quantitative estimate of drug-likeness (QED) is 0.344. The molecule has 1 N–H and O–H groups in total. The van der Waals surface area contributed by atoms with E-state index < -0.39 is 18.3 Å². The maximum atomic E-state index is 14.0. The van der Waals surface area contributed by atoms with E-state index in [0.717, 1.165) is 41.7 Å². The molecular weight excluding hydrogens is 489 g/mol. The van der Waals surface area contributed by atoms with Gasteiger partial charge in [-0.1, -0.05) is 60.1 Å². The summed E-state index contributed by atoms with van der Waals surface area (Å²) in [5.74, 6) is -0.0902. The first-order chi connectivity index (χ1) is 17.3. The second-order valence-electron chi connectivity index (χ2n) is 9.49. The Bertz CT molecular complexity index is 1210. The number of nitrogens with zero attached hydrogens (tertiary/aromatic N) is 3. The highest BCUT2D eigenvalue weighted by atomic mass is 35.5. The lowest BCUT2D eigenvalue weighted by Crippen LogP contribution is -2.36. The molecule has 0 radical (unpaired) electrons. The number of hydrogen-bond acceptors (Lipinski definition) is 4. The van der Waals surface area contributed by atoms with Crippen molar-refractivity contribution in [3.63, 3.8) is 0 Å². The first-order valence-electron chi connectivity index (χ1n) is 12.3. The van der Waals surface area contributed by atoms with Gasteiger partial charge in [0.05, 0.1) is 17.8 Å². The van der Waals surface area contributed by atoms with Crippen molar-refractivity contribution < 1.29 is 18.0 Å². The number of carbonyl (C=O) groups is 1. The predicted molar refractivity (Wildman–Crippen MR) is 133 cm³/mol. The minimum absolute atomic E-state index is 0.0236. The van der Waals surface area contributed by atoms with Crippen LogP contribution >= 0.6 is 11.6 Å². The molecule has 1 fully saturated rings. The number of fused-ring (bicyclic) bond motifs is 1. The summed E-state index contributed by atoms with van der Waals surface area (Å²) in [6.07, 6.45) is -0.514. The number of rotatable bonds is 7. The zero-order valence-corrected chi connectivity index (χ0v) is 20.5. The van der Waals surface area contributed by atoms with Crippen LogP contribution in [0.15, 0.2) is 60.8 Å². The molecule has 1 aromatic heterocycles. The second kappa shape index (κ2) is 10.3. The summed E-state index contributed by atoms with van der Waals surface area (Å²) in [6, 6.07) is 14.2. The molecule has 5 nitrogen and oxygen atoms in total. The molecule has 0 bridgehead atoms. The van der Waals surface area contributed by atoms with Crippen LogP contribution in [0.3, 0.4) is 0 Å². The Balaban J connectivity index is 1.40. The van der Waals surface area contributed by atoms with E-state index in [-0.39, 0.29) is 36.0 Å². The van der Waals surface area contributed by atoms with Gasteiger partial charge < -0.3 is 5.32 Å². The van der Waals surface area contributed by atoms with E-state index in [1.54, 1.807) is 24.3 Å².